The van der Waals surface area contributed by atoms with E-state index in [1.807, 2.05) is 6.08 Å². The van der Waals surface area contributed by atoms with E-state index in [0.717, 1.165) is 0 Å². The average molecular weight is 124 g/mol. The van der Waals surface area contributed by atoms with Crippen molar-refractivity contribution in [3.63, 3.8) is 0 Å². The summed E-state index contributed by atoms with van der Waals surface area (Å²) in [5.41, 5.74) is 0. The van der Waals surface area contributed by atoms with Crippen molar-refractivity contribution in [1.29, 1.82) is 0 Å². The highest BCUT2D eigenvalue weighted by Gasteiger charge is 2.12. The summed E-state index contributed by atoms with van der Waals surface area (Å²) in [6.07, 6.45) is 7.63. The zero-order valence-corrected chi connectivity index (χ0v) is 5.13. The minimum atomic E-state index is -0.868. The number of halogens is 1. The molecule has 0 nitrogen and oxygen atoms in total. The third-order valence-corrected chi connectivity index (χ3v) is 1.38. The summed E-state index contributed by atoms with van der Waals surface area (Å²) >= 11 is 0. The summed E-state index contributed by atoms with van der Waals surface area (Å²) in [7, 11) is 0. The maximum Gasteiger partial charge on any atom is 0.128 e. The van der Waals surface area contributed by atoms with Crippen molar-refractivity contribution in [2.75, 3.05) is 0 Å². The Balaban J connectivity index is 2.65. The average Bonchev–Trinajstić information content (AvgIpc) is 1.89. The van der Waals surface area contributed by atoms with Gasteiger partial charge in [0.15, 0.2) is 0 Å². The number of rotatable bonds is 1. The van der Waals surface area contributed by atoms with Crippen LogP contribution in [-0.2, 0) is 0 Å². The Morgan fingerprint density at radius 2 is 2.00 bits per heavy atom. The summed E-state index contributed by atoms with van der Waals surface area (Å²) in [5, 5.41) is 0. The van der Waals surface area contributed by atoms with Crippen LogP contribution in [0.3, 0.4) is 0 Å². The largest absolute Gasteiger partial charge is 0.242 e. The maximum absolute atomic E-state index is 12.6. The molecule has 0 saturated carbocycles. The third-order valence-electron chi connectivity index (χ3n) is 1.38. The van der Waals surface area contributed by atoms with Gasteiger partial charge in [-0.05, 0) is 6.08 Å². The molecule has 1 rings (SSSR count). The molecule has 48 valence electrons. The van der Waals surface area contributed by atoms with E-state index in [1.54, 1.807) is 18.2 Å². The standard InChI is InChI=1S/C8H9F/c1-2-7-5-3-4-6-8(7)9/h2-8H,1H2. The Labute approximate surface area is 54.4 Å². The van der Waals surface area contributed by atoms with Crippen molar-refractivity contribution >= 4 is 0 Å². The Hall–Kier alpha value is -0.850. The van der Waals surface area contributed by atoms with E-state index in [2.05, 4.69) is 6.58 Å². The SMILES string of the molecule is C=CC1C=CC=CC1F. The van der Waals surface area contributed by atoms with Crippen LogP contribution in [0.5, 0.6) is 0 Å². The number of hydrogen-bond donors (Lipinski definition) is 0. The highest BCUT2D eigenvalue weighted by molar-refractivity contribution is 5.18. The molecule has 0 aromatic rings. The molecule has 0 aromatic heterocycles. The van der Waals surface area contributed by atoms with Crippen molar-refractivity contribution in [3.05, 3.63) is 37.0 Å². The van der Waals surface area contributed by atoms with Gasteiger partial charge in [0.25, 0.3) is 0 Å². The second-order valence-corrected chi connectivity index (χ2v) is 2.03. The van der Waals surface area contributed by atoms with Crippen molar-refractivity contribution < 1.29 is 4.39 Å². The fourth-order valence-electron chi connectivity index (χ4n) is 0.806. The van der Waals surface area contributed by atoms with E-state index >= 15 is 0 Å². The molecule has 0 N–H and O–H groups in total. The molecule has 0 radical (unpaired) electrons. The number of hydrogen-bond acceptors (Lipinski definition) is 0. The van der Waals surface area contributed by atoms with E-state index in [4.69, 9.17) is 0 Å². The highest BCUT2D eigenvalue weighted by atomic mass is 19.1. The molecule has 0 aliphatic heterocycles. The summed E-state index contributed by atoms with van der Waals surface area (Å²) in [6.45, 7) is 3.51. The fraction of sp³-hybridized carbons (Fsp3) is 0.250. The monoisotopic (exact) mass is 124 g/mol. The predicted octanol–water partition coefficient (Wildman–Crippen LogP) is 2.25. The first-order valence-corrected chi connectivity index (χ1v) is 2.96. The molecule has 0 amide bonds. The molecule has 9 heavy (non-hydrogen) atoms. The molecule has 0 spiro atoms. The van der Waals surface area contributed by atoms with Crippen LogP contribution in [0.1, 0.15) is 0 Å². The minimum Gasteiger partial charge on any atom is -0.242 e. The Bertz CT molecular complexity index is 156. The highest BCUT2D eigenvalue weighted by Crippen LogP contribution is 2.15. The van der Waals surface area contributed by atoms with E-state index in [9.17, 15) is 4.39 Å². The second kappa shape index (κ2) is 2.62. The van der Waals surface area contributed by atoms with Gasteiger partial charge >= 0.3 is 0 Å². The number of allylic oxidation sites excluding steroid dienone is 5. The normalized spacial score (nSPS) is 32.6. The molecule has 1 aliphatic rings. The molecule has 1 aliphatic carbocycles. The lowest BCUT2D eigenvalue weighted by molar-refractivity contribution is 0.354. The first-order valence-electron chi connectivity index (χ1n) is 2.96. The van der Waals surface area contributed by atoms with Gasteiger partial charge in [0.2, 0.25) is 0 Å². The molecule has 1 heteroatoms. The van der Waals surface area contributed by atoms with Gasteiger partial charge in [0, 0.05) is 5.92 Å². The van der Waals surface area contributed by atoms with Crippen LogP contribution in [0.4, 0.5) is 4.39 Å². The zero-order chi connectivity index (χ0) is 6.69. The van der Waals surface area contributed by atoms with Crippen LogP contribution in [-0.4, -0.2) is 6.17 Å². The summed E-state index contributed by atoms with van der Waals surface area (Å²) in [5.74, 6) is -0.116. The smallest absolute Gasteiger partial charge is 0.128 e. The maximum atomic E-state index is 12.6. The molecular formula is C8H9F. The lowest BCUT2D eigenvalue weighted by atomic mass is 9.99. The van der Waals surface area contributed by atoms with Gasteiger partial charge in [0.05, 0.1) is 0 Å². The summed E-state index contributed by atoms with van der Waals surface area (Å²) in [4.78, 5) is 0. The first kappa shape index (κ1) is 6.27. The van der Waals surface area contributed by atoms with Crippen molar-refractivity contribution in [3.8, 4) is 0 Å². The van der Waals surface area contributed by atoms with Crippen LogP contribution in [0.25, 0.3) is 0 Å². The Morgan fingerprint density at radius 3 is 2.44 bits per heavy atom. The molecule has 2 atom stereocenters. The van der Waals surface area contributed by atoms with Crippen LogP contribution in [0.15, 0.2) is 37.0 Å². The first-order chi connectivity index (χ1) is 4.34. The summed E-state index contributed by atoms with van der Waals surface area (Å²) < 4.78 is 12.6. The summed E-state index contributed by atoms with van der Waals surface area (Å²) in [6, 6.07) is 0. The van der Waals surface area contributed by atoms with Crippen LogP contribution in [0.2, 0.25) is 0 Å². The molecule has 0 heterocycles. The quantitative estimate of drug-likeness (QED) is 0.470. The van der Waals surface area contributed by atoms with E-state index in [0.29, 0.717) is 0 Å². The van der Waals surface area contributed by atoms with Gasteiger partial charge in [-0.3, -0.25) is 0 Å². The van der Waals surface area contributed by atoms with Gasteiger partial charge in [0.1, 0.15) is 6.17 Å². The van der Waals surface area contributed by atoms with E-state index in [-0.39, 0.29) is 5.92 Å². The second-order valence-electron chi connectivity index (χ2n) is 2.03. The van der Waals surface area contributed by atoms with Gasteiger partial charge in [-0.25, -0.2) is 4.39 Å². The van der Waals surface area contributed by atoms with Crippen LogP contribution < -0.4 is 0 Å². The lowest BCUT2D eigenvalue weighted by Gasteiger charge is -2.11. The van der Waals surface area contributed by atoms with Crippen LogP contribution >= 0.6 is 0 Å². The van der Waals surface area contributed by atoms with Gasteiger partial charge in [-0.1, -0.05) is 24.3 Å². The third kappa shape index (κ3) is 1.28. The minimum absolute atomic E-state index is 0.116. The van der Waals surface area contributed by atoms with Crippen molar-refractivity contribution in [1.82, 2.24) is 0 Å². The number of alkyl halides is 1. The molecule has 0 fully saturated rings. The van der Waals surface area contributed by atoms with E-state index in [1.165, 1.54) is 6.08 Å². The van der Waals surface area contributed by atoms with E-state index < -0.39 is 6.17 Å². The molecule has 0 bridgehead atoms. The lowest BCUT2D eigenvalue weighted by Crippen LogP contribution is -2.09. The van der Waals surface area contributed by atoms with Crippen molar-refractivity contribution in [2.45, 2.75) is 6.17 Å². The topological polar surface area (TPSA) is 0 Å². The van der Waals surface area contributed by atoms with Gasteiger partial charge in [-0.15, -0.1) is 6.58 Å². The Morgan fingerprint density at radius 1 is 1.33 bits per heavy atom. The molecular weight excluding hydrogens is 115 g/mol. The Kier molecular flexibility index (Phi) is 1.83. The zero-order valence-electron chi connectivity index (χ0n) is 5.13. The fourth-order valence-corrected chi connectivity index (χ4v) is 0.806. The molecule has 2 unspecified atom stereocenters. The van der Waals surface area contributed by atoms with Crippen LogP contribution in [0, 0.1) is 5.92 Å². The molecule has 0 aromatic carbocycles. The molecule has 0 saturated heterocycles. The van der Waals surface area contributed by atoms with Crippen molar-refractivity contribution in [2.24, 2.45) is 5.92 Å². The van der Waals surface area contributed by atoms with Gasteiger partial charge < -0.3 is 0 Å². The predicted molar refractivity (Wildman–Crippen MR) is 36.9 cm³/mol. The van der Waals surface area contributed by atoms with Gasteiger partial charge in [-0.2, -0.15) is 0 Å².